The van der Waals surface area contributed by atoms with Gasteiger partial charge >= 0.3 is 0 Å². The first-order valence-corrected chi connectivity index (χ1v) is 15.2. The van der Waals surface area contributed by atoms with E-state index in [4.69, 9.17) is 23.2 Å². The minimum absolute atomic E-state index is 0.00377. The lowest BCUT2D eigenvalue weighted by molar-refractivity contribution is 0.566. The summed E-state index contributed by atoms with van der Waals surface area (Å²) in [4.78, 5) is 0. The van der Waals surface area contributed by atoms with E-state index in [0.717, 1.165) is 10.1 Å². The topological polar surface area (TPSA) is 0 Å². The van der Waals surface area contributed by atoms with Crippen LogP contribution < -0.4 is 0 Å². The minimum atomic E-state index is -2.09. The molecule has 2 unspecified atom stereocenters. The third-order valence-corrected chi connectivity index (χ3v) is 12.4. The molecule has 31 heavy (non-hydrogen) atoms. The summed E-state index contributed by atoms with van der Waals surface area (Å²) in [7, 11) is -2.09. The van der Waals surface area contributed by atoms with Gasteiger partial charge in [0.15, 0.2) is 0 Å². The molecule has 2 aromatic rings. The molecule has 0 aliphatic heterocycles. The third-order valence-electron chi connectivity index (χ3n) is 7.05. The lowest BCUT2D eigenvalue weighted by Gasteiger charge is -2.38. The molecule has 0 saturated carbocycles. The SMILES string of the molecule is CC(C)(C)C1=C(Cl)C([Si](C)(C)C2C(Cl)=C(C(C)(C)C)c3ccccc32)c2ccccc21. The average molecular weight is 470 g/mol. The molecule has 0 fully saturated rings. The monoisotopic (exact) mass is 468 g/mol. The van der Waals surface area contributed by atoms with E-state index in [1.165, 1.54) is 33.4 Å². The van der Waals surface area contributed by atoms with Crippen molar-refractivity contribution in [2.45, 2.75) is 65.7 Å². The summed E-state index contributed by atoms with van der Waals surface area (Å²) < 4.78 is 0. The highest BCUT2D eigenvalue weighted by molar-refractivity contribution is 6.84. The Kier molecular flexibility index (Phi) is 5.44. The molecule has 2 aliphatic carbocycles. The van der Waals surface area contributed by atoms with E-state index in [1.807, 2.05) is 0 Å². The number of hydrogen-bond acceptors (Lipinski definition) is 0. The Balaban J connectivity index is 1.96. The Hall–Kier alpha value is -1.28. The van der Waals surface area contributed by atoms with Gasteiger partial charge in [-0.3, -0.25) is 0 Å². The molecule has 0 bridgehead atoms. The van der Waals surface area contributed by atoms with Gasteiger partial charge in [0.05, 0.1) is 8.07 Å². The van der Waals surface area contributed by atoms with Gasteiger partial charge in [-0.2, -0.15) is 0 Å². The molecule has 2 atom stereocenters. The molecule has 0 spiro atoms. The summed E-state index contributed by atoms with van der Waals surface area (Å²) in [6.07, 6.45) is 0. The van der Waals surface area contributed by atoms with Crippen LogP contribution in [0.25, 0.3) is 11.1 Å². The lowest BCUT2D eigenvalue weighted by Crippen LogP contribution is -2.42. The first-order chi connectivity index (χ1) is 14.3. The maximum Gasteiger partial charge on any atom is 0.0753 e. The summed E-state index contributed by atoms with van der Waals surface area (Å²) in [6.45, 7) is 18.6. The number of rotatable bonds is 2. The van der Waals surface area contributed by atoms with Gasteiger partial charge in [0.1, 0.15) is 0 Å². The Morgan fingerprint density at radius 1 is 0.613 bits per heavy atom. The Morgan fingerprint density at radius 3 is 1.26 bits per heavy atom. The van der Waals surface area contributed by atoms with Gasteiger partial charge in [-0.05, 0) is 44.2 Å². The van der Waals surface area contributed by atoms with Crippen molar-refractivity contribution in [2.75, 3.05) is 0 Å². The molecule has 4 rings (SSSR count). The summed E-state index contributed by atoms with van der Waals surface area (Å²) in [5.41, 5.74) is 8.51. The predicted molar refractivity (Wildman–Crippen MR) is 140 cm³/mol. The molecule has 2 aliphatic rings. The van der Waals surface area contributed by atoms with Gasteiger partial charge in [-0.25, -0.2) is 0 Å². The van der Waals surface area contributed by atoms with E-state index in [9.17, 15) is 0 Å². The predicted octanol–water partition coefficient (Wildman–Crippen LogP) is 9.36. The summed E-state index contributed by atoms with van der Waals surface area (Å²) in [5.74, 6) is 0. The molecule has 2 aromatic carbocycles. The third kappa shape index (κ3) is 3.48. The lowest BCUT2D eigenvalue weighted by atomic mass is 9.83. The molecular formula is C28H34Cl2Si. The van der Waals surface area contributed by atoms with Gasteiger partial charge in [0.25, 0.3) is 0 Å². The van der Waals surface area contributed by atoms with Crippen LogP contribution in [0.3, 0.4) is 0 Å². The van der Waals surface area contributed by atoms with Crippen LogP contribution in [0.15, 0.2) is 58.6 Å². The quantitative estimate of drug-likeness (QED) is 0.384. The largest absolute Gasteiger partial charge is 0.0885 e. The number of halogens is 2. The molecule has 0 radical (unpaired) electrons. The number of allylic oxidation sites excluding steroid dienone is 4. The molecular weight excluding hydrogens is 435 g/mol. The van der Waals surface area contributed by atoms with E-state index in [2.05, 4.69) is 103 Å². The number of fused-ring (bicyclic) bond motifs is 2. The highest BCUT2D eigenvalue weighted by Gasteiger charge is 2.52. The van der Waals surface area contributed by atoms with Crippen LogP contribution in [0.1, 0.15) is 74.9 Å². The van der Waals surface area contributed by atoms with E-state index < -0.39 is 8.07 Å². The van der Waals surface area contributed by atoms with E-state index in [1.54, 1.807) is 0 Å². The zero-order valence-corrected chi connectivity index (χ0v) is 22.5. The van der Waals surface area contributed by atoms with Gasteiger partial charge in [0.2, 0.25) is 0 Å². The van der Waals surface area contributed by atoms with Crippen LogP contribution in [0.4, 0.5) is 0 Å². The van der Waals surface area contributed by atoms with E-state index >= 15 is 0 Å². The maximum atomic E-state index is 7.31. The van der Waals surface area contributed by atoms with Crippen molar-refractivity contribution in [3.8, 4) is 0 Å². The van der Waals surface area contributed by atoms with Gasteiger partial charge < -0.3 is 0 Å². The second-order valence-electron chi connectivity index (χ2n) is 11.8. The second-order valence-corrected chi connectivity index (χ2v) is 17.4. The maximum absolute atomic E-state index is 7.31. The standard InChI is InChI=1S/C28H34Cl2Si/c1-27(2,3)21-17-13-9-11-15-19(17)25(23(21)29)31(7,8)26-20-16-12-10-14-18(20)22(24(26)30)28(4,5)6/h9-16,25-26H,1-8H3. The van der Waals surface area contributed by atoms with Crippen LogP contribution >= 0.6 is 23.2 Å². The van der Waals surface area contributed by atoms with Gasteiger partial charge in [-0.1, -0.05) is 126 Å². The molecule has 3 heteroatoms. The van der Waals surface area contributed by atoms with Crippen LogP contribution in [0.5, 0.6) is 0 Å². The van der Waals surface area contributed by atoms with E-state index in [-0.39, 0.29) is 21.9 Å². The van der Waals surface area contributed by atoms with Crippen LogP contribution in [0, 0.1) is 10.8 Å². The fraction of sp³-hybridized carbons (Fsp3) is 0.429. The van der Waals surface area contributed by atoms with Crippen molar-refractivity contribution in [3.63, 3.8) is 0 Å². The van der Waals surface area contributed by atoms with Gasteiger partial charge in [-0.15, -0.1) is 0 Å². The number of hydrogen-bond donors (Lipinski definition) is 0. The van der Waals surface area contributed by atoms with Crippen LogP contribution in [-0.2, 0) is 0 Å². The zero-order chi connectivity index (χ0) is 22.9. The van der Waals surface area contributed by atoms with Crippen molar-refractivity contribution >= 4 is 42.4 Å². The van der Waals surface area contributed by atoms with E-state index in [0.29, 0.717) is 0 Å². The fourth-order valence-electron chi connectivity index (χ4n) is 5.92. The molecule has 164 valence electrons. The Labute approximate surface area is 199 Å². The molecule has 0 saturated heterocycles. The fourth-order valence-corrected chi connectivity index (χ4v) is 12.6. The normalized spacial score (nSPS) is 21.6. The Morgan fingerprint density at radius 2 is 0.935 bits per heavy atom. The average Bonchev–Trinajstić information content (AvgIpc) is 3.11. The molecule has 0 amide bonds. The highest BCUT2D eigenvalue weighted by Crippen LogP contribution is 2.61. The first-order valence-electron chi connectivity index (χ1n) is 11.3. The van der Waals surface area contributed by atoms with Crippen LogP contribution in [-0.4, -0.2) is 8.07 Å². The van der Waals surface area contributed by atoms with Gasteiger partial charge in [0, 0.05) is 21.1 Å². The highest BCUT2D eigenvalue weighted by atomic mass is 35.5. The van der Waals surface area contributed by atoms with Crippen molar-refractivity contribution in [3.05, 3.63) is 80.8 Å². The second kappa shape index (κ2) is 7.37. The van der Waals surface area contributed by atoms with Crippen molar-refractivity contribution in [2.24, 2.45) is 10.8 Å². The Bertz CT molecular complexity index is 1020. The molecule has 0 heterocycles. The number of benzene rings is 2. The summed E-state index contributed by atoms with van der Waals surface area (Å²) in [5, 5.41) is 2.08. The van der Waals surface area contributed by atoms with Crippen LogP contribution in [0.2, 0.25) is 13.1 Å². The summed E-state index contributed by atoms with van der Waals surface area (Å²) >= 11 is 14.6. The smallest absolute Gasteiger partial charge is 0.0753 e. The zero-order valence-electron chi connectivity index (χ0n) is 20.0. The van der Waals surface area contributed by atoms with Crippen molar-refractivity contribution in [1.29, 1.82) is 0 Å². The van der Waals surface area contributed by atoms with Crippen molar-refractivity contribution < 1.29 is 0 Å². The first kappa shape index (κ1) is 22.9. The minimum Gasteiger partial charge on any atom is -0.0885 e. The molecule has 0 N–H and O–H groups in total. The molecule has 0 nitrogen and oxygen atoms in total. The van der Waals surface area contributed by atoms with Crippen molar-refractivity contribution in [1.82, 2.24) is 0 Å². The summed E-state index contributed by atoms with van der Waals surface area (Å²) in [6, 6.07) is 17.7. The molecule has 0 aromatic heterocycles.